The lowest BCUT2D eigenvalue weighted by Crippen LogP contribution is -2.37. The topological polar surface area (TPSA) is 66.4 Å². The average Bonchev–Trinajstić information content (AvgIpc) is 2.54. The van der Waals surface area contributed by atoms with Gasteiger partial charge in [0.2, 0.25) is 5.91 Å². The fourth-order valence-electron chi connectivity index (χ4n) is 2.48. The van der Waals surface area contributed by atoms with Crippen LogP contribution in [0.25, 0.3) is 0 Å². The molecular weight excluding hydrogens is 290 g/mol. The van der Waals surface area contributed by atoms with E-state index in [1.165, 1.54) is 0 Å². The van der Waals surface area contributed by atoms with Crippen molar-refractivity contribution in [3.05, 3.63) is 71.8 Å². The van der Waals surface area contributed by atoms with E-state index >= 15 is 0 Å². The van der Waals surface area contributed by atoms with Gasteiger partial charge in [-0.25, -0.2) is 0 Å². The van der Waals surface area contributed by atoms with Gasteiger partial charge in [-0.05, 0) is 24.0 Å². The Morgan fingerprint density at radius 2 is 1.48 bits per heavy atom. The molecule has 1 atom stereocenters. The van der Waals surface area contributed by atoms with Crippen molar-refractivity contribution in [3.63, 3.8) is 0 Å². The summed E-state index contributed by atoms with van der Waals surface area (Å²) in [7, 11) is 0. The normalized spacial score (nSPS) is 11.7. The molecule has 2 aromatic rings. The fourth-order valence-corrected chi connectivity index (χ4v) is 2.48. The molecule has 0 fully saturated rings. The van der Waals surface area contributed by atoms with Gasteiger partial charge in [-0.15, -0.1) is 0 Å². The summed E-state index contributed by atoms with van der Waals surface area (Å²) in [5, 5.41) is 11.9. The molecule has 23 heavy (non-hydrogen) atoms. The fraction of sp³-hybridized carbons (Fsp3) is 0.263. The standard InChI is InChI=1S/C19H21NO3/c21-18(14-16-9-5-2-6-10-16)20-17(11-12-19(22)23)13-15-7-3-1-4-8-15/h1-10,17H,11-14H2,(H,20,21)(H,22,23). The summed E-state index contributed by atoms with van der Waals surface area (Å²) in [6, 6.07) is 19.1. The van der Waals surface area contributed by atoms with E-state index in [4.69, 9.17) is 5.11 Å². The van der Waals surface area contributed by atoms with Gasteiger partial charge >= 0.3 is 5.97 Å². The summed E-state index contributed by atoms with van der Waals surface area (Å²) in [5.74, 6) is -0.928. The molecule has 1 amide bonds. The van der Waals surface area contributed by atoms with Gasteiger partial charge < -0.3 is 10.4 Å². The van der Waals surface area contributed by atoms with E-state index in [1.54, 1.807) is 0 Å². The number of carboxylic acid groups (broad SMARTS) is 1. The molecule has 4 nitrogen and oxygen atoms in total. The number of carboxylic acids is 1. The summed E-state index contributed by atoms with van der Waals surface area (Å²) < 4.78 is 0. The number of hydrogen-bond acceptors (Lipinski definition) is 2. The Labute approximate surface area is 136 Å². The third-order valence-corrected chi connectivity index (χ3v) is 3.60. The first-order chi connectivity index (χ1) is 11.1. The monoisotopic (exact) mass is 311 g/mol. The van der Waals surface area contributed by atoms with E-state index in [9.17, 15) is 9.59 Å². The van der Waals surface area contributed by atoms with Crippen LogP contribution in [0.4, 0.5) is 0 Å². The van der Waals surface area contributed by atoms with Crippen LogP contribution in [0, 0.1) is 0 Å². The van der Waals surface area contributed by atoms with Crippen LogP contribution in [0.3, 0.4) is 0 Å². The molecule has 2 rings (SSSR count). The Balaban J connectivity index is 1.95. The molecule has 2 aromatic carbocycles. The molecule has 0 aliphatic heterocycles. The van der Waals surface area contributed by atoms with Crippen molar-refractivity contribution >= 4 is 11.9 Å². The minimum atomic E-state index is -0.847. The van der Waals surface area contributed by atoms with Crippen molar-refractivity contribution in [1.82, 2.24) is 5.32 Å². The van der Waals surface area contributed by atoms with Gasteiger partial charge in [0.05, 0.1) is 6.42 Å². The predicted molar refractivity (Wildman–Crippen MR) is 89.1 cm³/mol. The lowest BCUT2D eigenvalue weighted by molar-refractivity contribution is -0.137. The number of carbonyl (C=O) groups is 2. The number of carbonyl (C=O) groups excluding carboxylic acids is 1. The lowest BCUT2D eigenvalue weighted by atomic mass is 10.0. The van der Waals surface area contributed by atoms with Crippen molar-refractivity contribution in [1.29, 1.82) is 0 Å². The lowest BCUT2D eigenvalue weighted by Gasteiger charge is -2.18. The number of aliphatic carboxylic acids is 1. The number of hydrogen-bond donors (Lipinski definition) is 2. The van der Waals surface area contributed by atoms with Crippen molar-refractivity contribution in [2.75, 3.05) is 0 Å². The summed E-state index contributed by atoms with van der Waals surface area (Å²) in [6.45, 7) is 0. The van der Waals surface area contributed by atoms with Crippen LogP contribution in [0.15, 0.2) is 60.7 Å². The van der Waals surface area contributed by atoms with Crippen LogP contribution in [-0.2, 0) is 22.4 Å². The highest BCUT2D eigenvalue weighted by Crippen LogP contribution is 2.09. The zero-order chi connectivity index (χ0) is 16.5. The Kier molecular flexibility index (Phi) is 6.36. The SMILES string of the molecule is O=C(O)CCC(Cc1ccccc1)NC(=O)Cc1ccccc1. The number of nitrogens with one attached hydrogen (secondary N) is 1. The van der Waals surface area contributed by atoms with Crippen LogP contribution in [0.2, 0.25) is 0 Å². The van der Waals surface area contributed by atoms with Crippen molar-refractivity contribution in [2.24, 2.45) is 0 Å². The first-order valence-corrected chi connectivity index (χ1v) is 7.72. The molecule has 4 heteroatoms. The summed E-state index contributed by atoms with van der Waals surface area (Å²) >= 11 is 0. The summed E-state index contributed by atoms with van der Waals surface area (Å²) in [4.78, 5) is 23.0. The highest BCUT2D eigenvalue weighted by molar-refractivity contribution is 5.79. The minimum absolute atomic E-state index is 0.0448. The maximum absolute atomic E-state index is 12.2. The Hall–Kier alpha value is -2.62. The largest absolute Gasteiger partial charge is 0.481 e. The zero-order valence-electron chi connectivity index (χ0n) is 12.9. The van der Waals surface area contributed by atoms with Gasteiger partial charge in [0.1, 0.15) is 0 Å². The molecule has 0 spiro atoms. The third kappa shape index (κ3) is 6.34. The van der Waals surface area contributed by atoms with Gasteiger partial charge in [-0.3, -0.25) is 9.59 Å². The van der Waals surface area contributed by atoms with Gasteiger partial charge in [0.25, 0.3) is 0 Å². The molecule has 0 aliphatic carbocycles. The molecule has 0 saturated carbocycles. The molecule has 2 N–H and O–H groups in total. The molecular formula is C19H21NO3. The van der Waals surface area contributed by atoms with Crippen molar-refractivity contribution in [2.45, 2.75) is 31.7 Å². The first kappa shape index (κ1) is 16.7. The van der Waals surface area contributed by atoms with E-state index in [2.05, 4.69) is 5.32 Å². The van der Waals surface area contributed by atoms with Crippen LogP contribution >= 0.6 is 0 Å². The highest BCUT2D eigenvalue weighted by Gasteiger charge is 2.15. The second-order valence-electron chi connectivity index (χ2n) is 5.55. The number of benzene rings is 2. The van der Waals surface area contributed by atoms with Gasteiger partial charge in [0.15, 0.2) is 0 Å². The number of amides is 1. The molecule has 0 aliphatic rings. The van der Waals surface area contributed by atoms with Gasteiger partial charge in [-0.1, -0.05) is 60.7 Å². The smallest absolute Gasteiger partial charge is 0.303 e. The quantitative estimate of drug-likeness (QED) is 0.788. The molecule has 0 heterocycles. The van der Waals surface area contributed by atoms with Crippen LogP contribution in [-0.4, -0.2) is 23.0 Å². The predicted octanol–water partition coefficient (Wildman–Crippen LogP) is 2.82. The minimum Gasteiger partial charge on any atom is -0.481 e. The first-order valence-electron chi connectivity index (χ1n) is 7.72. The van der Waals surface area contributed by atoms with Crippen molar-refractivity contribution < 1.29 is 14.7 Å². The second-order valence-corrected chi connectivity index (χ2v) is 5.55. The van der Waals surface area contributed by atoms with E-state index in [0.717, 1.165) is 11.1 Å². The van der Waals surface area contributed by atoms with Crippen LogP contribution < -0.4 is 5.32 Å². The summed E-state index contributed by atoms with van der Waals surface area (Å²) in [5.41, 5.74) is 2.03. The average molecular weight is 311 g/mol. The molecule has 0 radical (unpaired) electrons. The van der Waals surface area contributed by atoms with E-state index < -0.39 is 5.97 Å². The van der Waals surface area contributed by atoms with E-state index in [-0.39, 0.29) is 18.4 Å². The maximum atomic E-state index is 12.2. The van der Waals surface area contributed by atoms with Crippen molar-refractivity contribution in [3.8, 4) is 0 Å². The highest BCUT2D eigenvalue weighted by atomic mass is 16.4. The van der Waals surface area contributed by atoms with Crippen LogP contribution in [0.5, 0.6) is 0 Å². The Morgan fingerprint density at radius 3 is 2.04 bits per heavy atom. The Morgan fingerprint density at radius 1 is 0.913 bits per heavy atom. The second kappa shape index (κ2) is 8.73. The molecule has 0 aromatic heterocycles. The van der Waals surface area contributed by atoms with E-state index in [1.807, 2.05) is 60.7 Å². The van der Waals surface area contributed by atoms with Gasteiger partial charge in [0, 0.05) is 12.5 Å². The summed E-state index contributed by atoms with van der Waals surface area (Å²) in [6.07, 6.45) is 1.40. The molecule has 1 unspecified atom stereocenters. The maximum Gasteiger partial charge on any atom is 0.303 e. The number of rotatable bonds is 8. The molecule has 0 bridgehead atoms. The van der Waals surface area contributed by atoms with Crippen LogP contribution in [0.1, 0.15) is 24.0 Å². The molecule has 0 saturated heterocycles. The third-order valence-electron chi connectivity index (χ3n) is 3.60. The Bertz CT molecular complexity index is 626. The zero-order valence-corrected chi connectivity index (χ0v) is 12.9. The van der Waals surface area contributed by atoms with E-state index in [0.29, 0.717) is 19.3 Å². The molecule has 120 valence electrons. The van der Waals surface area contributed by atoms with Gasteiger partial charge in [-0.2, -0.15) is 0 Å².